The standard InChI is InChI=1S/C20H10Cl2O6/c1-9(23)26-12-2-3-13-14(8-18(24)27-17(13)7-12)15-5-10-4-11(21)6-16(22)19(10)28-20(15)25/h2-8H,1H3. The van der Waals surface area contributed by atoms with Crippen molar-refractivity contribution in [2.45, 2.75) is 6.92 Å². The van der Waals surface area contributed by atoms with Crippen LogP contribution in [0.3, 0.4) is 0 Å². The Balaban J connectivity index is 2.01. The van der Waals surface area contributed by atoms with Gasteiger partial charge in [0.1, 0.15) is 11.3 Å². The lowest BCUT2D eigenvalue weighted by molar-refractivity contribution is -0.131. The minimum Gasteiger partial charge on any atom is -0.427 e. The van der Waals surface area contributed by atoms with Gasteiger partial charge < -0.3 is 13.6 Å². The Morgan fingerprint density at radius 2 is 1.75 bits per heavy atom. The third-order valence-corrected chi connectivity index (χ3v) is 4.52. The molecule has 4 aromatic rings. The van der Waals surface area contributed by atoms with Crippen LogP contribution in [0.15, 0.2) is 60.9 Å². The summed E-state index contributed by atoms with van der Waals surface area (Å²) < 4.78 is 15.5. The third kappa shape index (κ3) is 3.28. The van der Waals surface area contributed by atoms with Gasteiger partial charge in [-0.15, -0.1) is 0 Å². The number of hydrogen-bond acceptors (Lipinski definition) is 6. The fourth-order valence-electron chi connectivity index (χ4n) is 2.94. The molecule has 0 bridgehead atoms. The number of carbonyl (C=O) groups is 1. The molecule has 0 aliphatic heterocycles. The highest BCUT2D eigenvalue weighted by Gasteiger charge is 2.16. The van der Waals surface area contributed by atoms with Crippen molar-refractivity contribution >= 4 is 51.1 Å². The van der Waals surface area contributed by atoms with E-state index in [9.17, 15) is 14.4 Å². The van der Waals surface area contributed by atoms with Gasteiger partial charge in [0.25, 0.3) is 0 Å². The Morgan fingerprint density at radius 3 is 2.50 bits per heavy atom. The number of halogens is 2. The van der Waals surface area contributed by atoms with Crippen LogP contribution >= 0.6 is 23.2 Å². The molecule has 0 radical (unpaired) electrons. The second kappa shape index (κ2) is 6.82. The van der Waals surface area contributed by atoms with E-state index >= 15 is 0 Å². The van der Waals surface area contributed by atoms with E-state index in [1.165, 1.54) is 31.2 Å². The summed E-state index contributed by atoms with van der Waals surface area (Å²) in [6.45, 7) is 1.26. The minimum absolute atomic E-state index is 0.143. The van der Waals surface area contributed by atoms with Crippen molar-refractivity contribution < 1.29 is 18.4 Å². The zero-order valence-corrected chi connectivity index (χ0v) is 15.8. The number of benzene rings is 2. The van der Waals surface area contributed by atoms with Gasteiger partial charge in [0.15, 0.2) is 5.58 Å². The molecule has 6 nitrogen and oxygen atoms in total. The molecule has 2 heterocycles. The molecule has 2 aromatic carbocycles. The summed E-state index contributed by atoms with van der Waals surface area (Å²) in [6.07, 6.45) is 0. The molecule has 0 fully saturated rings. The number of fused-ring (bicyclic) bond motifs is 2. The van der Waals surface area contributed by atoms with Crippen molar-refractivity contribution in [3.63, 3.8) is 0 Å². The van der Waals surface area contributed by atoms with E-state index in [0.29, 0.717) is 21.4 Å². The summed E-state index contributed by atoms with van der Waals surface area (Å²) in [4.78, 5) is 35.8. The fraction of sp³-hybridized carbons (Fsp3) is 0.0500. The Hall–Kier alpha value is -3.09. The van der Waals surface area contributed by atoms with Crippen molar-refractivity contribution in [2.24, 2.45) is 0 Å². The van der Waals surface area contributed by atoms with Crippen LogP contribution in [0, 0.1) is 0 Å². The van der Waals surface area contributed by atoms with Crippen molar-refractivity contribution in [3.05, 3.63) is 73.4 Å². The summed E-state index contributed by atoms with van der Waals surface area (Å²) in [5.41, 5.74) is -0.538. The normalized spacial score (nSPS) is 11.1. The minimum atomic E-state index is -0.675. The highest BCUT2D eigenvalue weighted by atomic mass is 35.5. The lowest BCUT2D eigenvalue weighted by Crippen LogP contribution is -2.07. The Labute approximate surface area is 166 Å². The maximum absolute atomic E-state index is 12.6. The van der Waals surface area contributed by atoms with Gasteiger partial charge in [-0.25, -0.2) is 9.59 Å². The first-order valence-electron chi connectivity index (χ1n) is 8.01. The fourth-order valence-corrected chi connectivity index (χ4v) is 3.49. The molecule has 0 saturated heterocycles. The number of rotatable bonds is 2. The van der Waals surface area contributed by atoms with E-state index in [-0.39, 0.29) is 27.5 Å². The summed E-state index contributed by atoms with van der Waals surface area (Å²) in [5, 5.41) is 1.55. The topological polar surface area (TPSA) is 86.7 Å². The number of hydrogen-bond donors (Lipinski definition) is 0. The van der Waals surface area contributed by atoms with E-state index in [4.69, 9.17) is 36.8 Å². The zero-order valence-electron chi connectivity index (χ0n) is 14.2. The Kier molecular flexibility index (Phi) is 4.45. The number of esters is 1. The second-order valence-electron chi connectivity index (χ2n) is 5.98. The predicted octanol–water partition coefficient (Wildman–Crippen LogP) is 4.80. The Bertz CT molecular complexity index is 1380. The van der Waals surface area contributed by atoms with Gasteiger partial charge in [-0.05, 0) is 30.3 Å². The molecular formula is C20H10Cl2O6. The highest BCUT2D eigenvalue weighted by molar-refractivity contribution is 6.38. The average molecular weight is 417 g/mol. The molecular weight excluding hydrogens is 407 g/mol. The molecule has 8 heteroatoms. The van der Waals surface area contributed by atoms with Gasteiger partial charge in [-0.2, -0.15) is 0 Å². The molecule has 0 atom stereocenters. The van der Waals surface area contributed by atoms with Crippen LogP contribution in [0.4, 0.5) is 0 Å². The summed E-state index contributed by atoms with van der Waals surface area (Å²) in [5.74, 6) is -0.300. The molecule has 0 spiro atoms. The van der Waals surface area contributed by atoms with E-state index in [2.05, 4.69) is 0 Å². The largest absolute Gasteiger partial charge is 0.427 e. The summed E-state index contributed by atoms with van der Waals surface area (Å²) in [7, 11) is 0. The number of carbonyl (C=O) groups excluding carboxylic acids is 1. The van der Waals surface area contributed by atoms with Gasteiger partial charge in [0.05, 0.1) is 10.6 Å². The van der Waals surface area contributed by atoms with Crippen LogP contribution in [0.2, 0.25) is 10.0 Å². The van der Waals surface area contributed by atoms with Crippen molar-refractivity contribution in [1.29, 1.82) is 0 Å². The van der Waals surface area contributed by atoms with E-state index in [1.54, 1.807) is 18.2 Å². The highest BCUT2D eigenvalue weighted by Crippen LogP contribution is 2.32. The molecule has 0 N–H and O–H groups in total. The first-order valence-corrected chi connectivity index (χ1v) is 8.77. The van der Waals surface area contributed by atoms with Gasteiger partial charge in [0, 0.05) is 40.4 Å². The lowest BCUT2D eigenvalue weighted by Gasteiger charge is -2.08. The van der Waals surface area contributed by atoms with Crippen molar-refractivity contribution in [2.75, 3.05) is 0 Å². The summed E-state index contributed by atoms with van der Waals surface area (Å²) >= 11 is 12.1. The van der Waals surface area contributed by atoms with Gasteiger partial charge in [0.2, 0.25) is 0 Å². The van der Waals surface area contributed by atoms with Gasteiger partial charge in [-0.1, -0.05) is 23.2 Å². The van der Waals surface area contributed by atoms with E-state index in [0.717, 1.165) is 0 Å². The predicted molar refractivity (Wildman–Crippen MR) is 105 cm³/mol. The van der Waals surface area contributed by atoms with Crippen LogP contribution in [0.1, 0.15) is 6.92 Å². The first kappa shape index (κ1) is 18.3. The van der Waals surface area contributed by atoms with Crippen LogP contribution in [-0.4, -0.2) is 5.97 Å². The van der Waals surface area contributed by atoms with Crippen LogP contribution in [0.25, 0.3) is 33.1 Å². The molecule has 0 aliphatic rings. The molecule has 0 aliphatic carbocycles. The SMILES string of the molecule is CC(=O)Oc1ccc2c(-c3cc4cc(Cl)cc(Cl)c4oc3=O)cc(=O)oc2c1. The van der Waals surface area contributed by atoms with Crippen LogP contribution in [0.5, 0.6) is 5.75 Å². The molecule has 0 saturated carbocycles. The average Bonchev–Trinajstić information content (AvgIpc) is 2.60. The monoisotopic (exact) mass is 416 g/mol. The molecule has 0 unspecified atom stereocenters. The third-order valence-electron chi connectivity index (χ3n) is 4.02. The molecule has 140 valence electrons. The zero-order chi connectivity index (χ0) is 20.0. The maximum Gasteiger partial charge on any atom is 0.344 e. The molecule has 0 amide bonds. The van der Waals surface area contributed by atoms with E-state index in [1.807, 2.05) is 0 Å². The first-order chi connectivity index (χ1) is 13.3. The second-order valence-corrected chi connectivity index (χ2v) is 6.83. The lowest BCUT2D eigenvalue weighted by atomic mass is 10.0. The van der Waals surface area contributed by atoms with Gasteiger partial charge in [-0.3, -0.25) is 4.79 Å². The summed E-state index contributed by atoms with van der Waals surface area (Å²) in [6, 6.07) is 10.3. The van der Waals surface area contributed by atoms with Crippen molar-refractivity contribution in [1.82, 2.24) is 0 Å². The van der Waals surface area contributed by atoms with E-state index < -0.39 is 17.2 Å². The molecule has 2 aromatic heterocycles. The van der Waals surface area contributed by atoms with Crippen LogP contribution < -0.4 is 16.0 Å². The number of ether oxygens (including phenoxy) is 1. The molecule has 4 rings (SSSR count). The van der Waals surface area contributed by atoms with Gasteiger partial charge >= 0.3 is 17.2 Å². The van der Waals surface area contributed by atoms with Crippen molar-refractivity contribution in [3.8, 4) is 16.9 Å². The maximum atomic E-state index is 12.6. The quantitative estimate of drug-likeness (QED) is 0.265. The smallest absolute Gasteiger partial charge is 0.344 e. The van der Waals surface area contributed by atoms with Crippen LogP contribution in [-0.2, 0) is 4.79 Å². The Morgan fingerprint density at radius 1 is 0.964 bits per heavy atom. The molecule has 28 heavy (non-hydrogen) atoms.